The lowest BCUT2D eigenvalue weighted by molar-refractivity contribution is 0.755. The van der Waals surface area contributed by atoms with Gasteiger partial charge in [0, 0.05) is 77.1 Å². The lowest BCUT2D eigenvalue weighted by Gasteiger charge is -2.31. The fraction of sp³-hybridized carbons (Fsp3) is 0.500. The van der Waals surface area contributed by atoms with Crippen molar-refractivity contribution < 1.29 is 0 Å². The fourth-order valence-corrected chi connectivity index (χ4v) is 4.49. The summed E-state index contributed by atoms with van der Waals surface area (Å²) in [5, 5.41) is 0. The number of benzene rings is 1. The molecule has 10 radical (unpaired) electrons. The van der Waals surface area contributed by atoms with E-state index in [1.165, 1.54) is 11.4 Å². The lowest BCUT2D eigenvalue weighted by Crippen LogP contribution is -2.60. The average Bonchev–Trinajstić information content (AvgIpc) is 3.09. The van der Waals surface area contributed by atoms with Gasteiger partial charge in [0.1, 0.15) is 0 Å². The highest BCUT2D eigenvalue weighted by Crippen LogP contribution is 2.57. The largest absolute Gasteiger partial charge is 0.395 e. The van der Waals surface area contributed by atoms with Gasteiger partial charge in [0.2, 0.25) is 0 Å². The molecule has 2 aliphatic heterocycles. The summed E-state index contributed by atoms with van der Waals surface area (Å²) in [5.41, 5.74) is 2.79. The van der Waals surface area contributed by atoms with Gasteiger partial charge in [-0.2, -0.15) is 0 Å². The molecule has 0 saturated carbocycles. The molecule has 0 bridgehead atoms. The second-order valence-electron chi connectivity index (χ2n) is 7.38. The van der Waals surface area contributed by atoms with Gasteiger partial charge in [0.25, 0.3) is 6.85 Å². The van der Waals surface area contributed by atoms with E-state index in [0.717, 1.165) is 0 Å². The van der Waals surface area contributed by atoms with Crippen LogP contribution < -0.4 is 9.71 Å². The SMILES string of the molecule is [B]B([B])B([B])B(B([B])[B])C1B(N2c3ccccc3N(C)[C@@H]2C)C1C. The number of fused-ring (bicyclic) bond motifs is 1. The molecule has 0 aromatic heterocycles. The van der Waals surface area contributed by atoms with Crippen LogP contribution in [0, 0.1) is 0 Å². The van der Waals surface area contributed by atoms with Crippen LogP contribution in [0.5, 0.6) is 0 Å². The van der Waals surface area contributed by atoms with E-state index in [-0.39, 0.29) is 18.4 Å². The third kappa shape index (κ3) is 2.82. The van der Waals surface area contributed by atoms with Gasteiger partial charge in [-0.3, -0.25) is 0 Å². The van der Waals surface area contributed by atoms with Crippen LogP contribution in [0.2, 0.25) is 11.5 Å². The molecule has 0 amide bonds. The summed E-state index contributed by atoms with van der Waals surface area (Å²) in [7, 11) is 32.1. The van der Waals surface area contributed by atoms with E-state index in [9.17, 15) is 0 Å². The molecule has 1 aromatic rings. The molecule has 1 aromatic carbocycles. The molecule has 2 unspecified atom stereocenters. The molecule has 2 aliphatic rings. The Kier molecular flexibility index (Phi) is 5.06. The molecular weight excluding hydrogens is 280 g/mol. The van der Waals surface area contributed by atoms with E-state index in [2.05, 4.69) is 54.9 Å². The summed E-state index contributed by atoms with van der Waals surface area (Å²) in [6, 6.07) is 8.47. The third-order valence-electron chi connectivity index (χ3n) is 6.00. The van der Waals surface area contributed by atoms with Crippen LogP contribution in [0.3, 0.4) is 0 Å². The predicted octanol–water partition coefficient (Wildman–Crippen LogP) is -0.866. The minimum Gasteiger partial charge on any atom is -0.395 e. The van der Waals surface area contributed by atoms with Gasteiger partial charge in [-0.15, -0.1) is 0 Å². The zero-order valence-corrected chi connectivity index (χ0v) is 14.7. The Balaban J connectivity index is 1.89. The Labute approximate surface area is 155 Å². The Bertz CT molecular complexity index is 601. The highest BCUT2D eigenvalue weighted by molar-refractivity contribution is 7.92. The number of nitrogens with zero attached hydrogens (tertiary/aromatic N) is 2. The monoisotopic (exact) mass is 298 g/mol. The second kappa shape index (κ2) is 6.65. The van der Waals surface area contributed by atoms with Crippen LogP contribution in [0.1, 0.15) is 13.8 Å². The third-order valence-corrected chi connectivity index (χ3v) is 6.00. The Morgan fingerprint density at radius 1 is 0.958 bits per heavy atom. The van der Waals surface area contributed by atoms with E-state index in [4.69, 9.17) is 38.7 Å². The second-order valence-corrected chi connectivity index (χ2v) is 7.38. The molecule has 3 atom stereocenters. The van der Waals surface area contributed by atoms with E-state index in [0.29, 0.717) is 12.7 Å². The van der Waals surface area contributed by atoms with Crippen LogP contribution in [0.15, 0.2) is 24.3 Å². The maximum absolute atomic E-state index is 6.24. The van der Waals surface area contributed by atoms with Gasteiger partial charge in [-0.05, 0) is 19.1 Å². The first-order valence-electron chi connectivity index (χ1n) is 8.65. The average molecular weight is 296 g/mol. The Morgan fingerprint density at radius 3 is 2.08 bits per heavy atom. The molecule has 104 valence electrons. The number of hydrogen-bond acceptors (Lipinski definition) is 2. The van der Waals surface area contributed by atoms with Crippen LogP contribution in [-0.2, 0) is 0 Å². The van der Waals surface area contributed by atoms with Crippen molar-refractivity contribution in [3.63, 3.8) is 0 Å². The molecular formula is C12H16B10N2. The van der Waals surface area contributed by atoms with E-state index in [1.54, 1.807) is 0 Å². The summed E-state index contributed by atoms with van der Waals surface area (Å²) in [6.45, 7) is 4.69. The maximum Gasteiger partial charge on any atom is 0.253 e. The van der Waals surface area contributed by atoms with Crippen LogP contribution in [0.4, 0.5) is 11.4 Å². The van der Waals surface area contributed by atoms with E-state index in [1.807, 2.05) is 0 Å². The minimum absolute atomic E-state index is 0.102. The normalized spacial score (nSPS) is 24.6. The highest BCUT2D eigenvalue weighted by atomic mass is 15.4. The standard InChI is InChI=1S/C12H16B10N2/c1-8-12(19(20(13)14)22(17)21(15)16)18(8)24-9(2)23(3)10-6-4-5-7-11(10)24/h4-9,12H,1-3H3/t8?,9-,12?/m0/s1. The molecule has 12 heteroatoms. The van der Waals surface area contributed by atoms with Crippen LogP contribution in [-0.4, -0.2) is 84.4 Å². The van der Waals surface area contributed by atoms with Crippen molar-refractivity contribution in [1.82, 2.24) is 0 Å². The predicted molar refractivity (Wildman–Crippen MR) is 117 cm³/mol. The first-order chi connectivity index (χ1) is 11.3. The maximum atomic E-state index is 6.24. The van der Waals surface area contributed by atoms with Crippen molar-refractivity contribution in [2.24, 2.45) is 0 Å². The summed E-state index contributed by atoms with van der Waals surface area (Å²) in [6.07, 6.45) is -1.28. The zero-order valence-electron chi connectivity index (χ0n) is 14.7. The smallest absolute Gasteiger partial charge is 0.253 e. The highest BCUT2D eigenvalue weighted by Gasteiger charge is 2.61. The van der Waals surface area contributed by atoms with E-state index < -0.39 is 19.2 Å². The molecule has 0 aliphatic carbocycles. The van der Waals surface area contributed by atoms with Gasteiger partial charge in [-0.25, -0.2) is 0 Å². The number of anilines is 2. The summed E-state index contributed by atoms with van der Waals surface area (Å²) in [5.74, 6) is 0.441. The van der Waals surface area contributed by atoms with Crippen molar-refractivity contribution in [2.75, 3.05) is 16.8 Å². The van der Waals surface area contributed by atoms with Crippen molar-refractivity contribution >= 4 is 82.6 Å². The molecule has 24 heavy (non-hydrogen) atoms. The number of hydrogen-bond donors (Lipinski definition) is 0. The van der Waals surface area contributed by atoms with Crippen molar-refractivity contribution in [3.8, 4) is 0 Å². The first kappa shape index (κ1) is 18.3. The Hall–Kier alpha value is -0.531. The zero-order chi connectivity index (χ0) is 17.8. The van der Waals surface area contributed by atoms with Gasteiger partial charge in [0.05, 0.1) is 11.9 Å². The minimum atomic E-state index is -0.621. The summed E-state index contributed by atoms with van der Waals surface area (Å²) < 4.78 is 0. The van der Waals surface area contributed by atoms with Gasteiger partial charge >= 0.3 is 0 Å². The van der Waals surface area contributed by atoms with Crippen molar-refractivity contribution in [2.45, 2.75) is 31.5 Å². The summed E-state index contributed by atoms with van der Waals surface area (Å²) in [4.78, 5) is 4.76. The van der Waals surface area contributed by atoms with Gasteiger partial charge < -0.3 is 9.71 Å². The number of rotatable bonds is 5. The Morgan fingerprint density at radius 2 is 1.54 bits per heavy atom. The van der Waals surface area contributed by atoms with E-state index >= 15 is 0 Å². The van der Waals surface area contributed by atoms with Crippen LogP contribution in [0.25, 0.3) is 0 Å². The van der Waals surface area contributed by atoms with Gasteiger partial charge in [0.15, 0.2) is 0 Å². The molecule has 1 saturated heterocycles. The quantitative estimate of drug-likeness (QED) is 0.652. The topological polar surface area (TPSA) is 6.48 Å². The molecule has 1 fully saturated rings. The first-order valence-corrected chi connectivity index (χ1v) is 8.65. The molecule has 2 nitrogen and oxygen atoms in total. The molecule has 2 heterocycles. The van der Waals surface area contributed by atoms with Gasteiger partial charge in [-0.1, -0.05) is 30.6 Å². The van der Waals surface area contributed by atoms with Crippen molar-refractivity contribution in [3.05, 3.63) is 24.3 Å². The number of para-hydroxylation sites is 2. The lowest BCUT2D eigenvalue weighted by atomic mass is 8.62. The molecule has 0 N–H and O–H groups in total. The summed E-state index contributed by atoms with van der Waals surface area (Å²) >= 11 is 0. The fourth-order valence-electron chi connectivity index (χ4n) is 4.49. The molecule has 3 rings (SSSR count). The van der Waals surface area contributed by atoms with Crippen molar-refractivity contribution in [1.29, 1.82) is 0 Å². The van der Waals surface area contributed by atoms with Crippen LogP contribution >= 0.6 is 0 Å². The molecule has 0 spiro atoms.